The van der Waals surface area contributed by atoms with Crippen molar-refractivity contribution >= 4 is 17.9 Å². The van der Waals surface area contributed by atoms with Crippen LogP contribution in [0.15, 0.2) is 0 Å². The van der Waals surface area contributed by atoms with E-state index in [-0.39, 0.29) is 31.1 Å². The van der Waals surface area contributed by atoms with Gasteiger partial charge in [-0.3, -0.25) is 14.4 Å². The number of rotatable bonds is 73. The number of carbonyl (C=O) groups is 3. The normalized spacial score (nSPS) is 11.9. The molecule has 0 aliphatic carbocycles. The average molecular weight is 1170 g/mol. The second-order valence-corrected chi connectivity index (χ2v) is 26.6. The zero-order chi connectivity index (χ0) is 59.9. The minimum absolute atomic E-state index is 0.0598. The van der Waals surface area contributed by atoms with E-state index in [1.165, 1.54) is 360 Å². The maximum atomic E-state index is 13.0. The first-order valence-electron chi connectivity index (χ1n) is 38.5. The molecule has 0 aromatic heterocycles. The molecule has 0 aromatic rings. The highest BCUT2D eigenvalue weighted by Gasteiger charge is 2.20. The van der Waals surface area contributed by atoms with Crippen LogP contribution in [0, 0.1) is 0 Å². The summed E-state index contributed by atoms with van der Waals surface area (Å²) in [6.07, 6.45) is 87.3. The highest BCUT2D eigenvalue weighted by atomic mass is 16.6. The van der Waals surface area contributed by atoms with Crippen LogP contribution in [0.5, 0.6) is 0 Å². The molecule has 0 radical (unpaired) electrons. The van der Waals surface area contributed by atoms with Crippen molar-refractivity contribution < 1.29 is 28.6 Å². The summed E-state index contributed by atoms with van der Waals surface area (Å²) in [4.78, 5) is 38.5. The van der Waals surface area contributed by atoms with E-state index in [9.17, 15) is 14.4 Å². The Morgan fingerprint density at radius 2 is 0.325 bits per heavy atom. The van der Waals surface area contributed by atoms with Gasteiger partial charge >= 0.3 is 17.9 Å². The summed E-state index contributed by atoms with van der Waals surface area (Å²) in [5.74, 6) is -0.814. The number of esters is 3. The second-order valence-electron chi connectivity index (χ2n) is 26.6. The van der Waals surface area contributed by atoms with E-state index < -0.39 is 6.10 Å². The van der Waals surface area contributed by atoms with E-state index in [2.05, 4.69) is 20.8 Å². The van der Waals surface area contributed by atoms with E-state index in [0.29, 0.717) is 19.3 Å². The fourth-order valence-electron chi connectivity index (χ4n) is 12.3. The summed E-state index contributed by atoms with van der Waals surface area (Å²) in [7, 11) is 0. The van der Waals surface area contributed by atoms with E-state index in [0.717, 1.165) is 57.8 Å². The molecule has 0 aliphatic heterocycles. The van der Waals surface area contributed by atoms with Crippen LogP contribution in [0.2, 0.25) is 0 Å². The summed E-state index contributed by atoms with van der Waals surface area (Å²) < 4.78 is 17.1. The fraction of sp³-hybridized carbons (Fsp3) is 0.961. The summed E-state index contributed by atoms with van der Waals surface area (Å²) in [6, 6.07) is 0. The molecule has 494 valence electrons. The highest BCUT2D eigenvalue weighted by Crippen LogP contribution is 2.20. The Morgan fingerprint density at radius 3 is 0.482 bits per heavy atom. The second kappa shape index (κ2) is 72.9. The average Bonchev–Trinajstić information content (AvgIpc) is 3.49. The lowest BCUT2D eigenvalue weighted by Crippen LogP contribution is -2.30. The molecule has 1 unspecified atom stereocenters. The Hall–Kier alpha value is -1.59. The van der Waals surface area contributed by atoms with E-state index >= 15 is 0 Å². The summed E-state index contributed by atoms with van der Waals surface area (Å²) in [5, 5.41) is 0. The lowest BCUT2D eigenvalue weighted by molar-refractivity contribution is -0.167. The molecule has 0 N–H and O–H groups in total. The molecule has 0 fully saturated rings. The third-order valence-corrected chi connectivity index (χ3v) is 18.1. The van der Waals surface area contributed by atoms with E-state index in [1.54, 1.807) is 0 Å². The standard InChI is InChI=1S/C77H150O6/c1-4-7-10-13-16-19-22-25-28-31-33-35-36-37-38-39-40-41-43-44-46-49-52-55-58-61-64-67-70-76(79)82-73-74(72-81-75(78)69-66-63-60-57-54-51-48-30-27-24-21-18-15-12-9-6-3)83-77(80)71-68-65-62-59-56-53-50-47-45-42-34-32-29-26-23-20-17-14-11-8-5-2/h74H,4-73H2,1-3H3. The van der Waals surface area contributed by atoms with Gasteiger partial charge in [-0.15, -0.1) is 0 Å². The third kappa shape index (κ3) is 71.1. The van der Waals surface area contributed by atoms with Crippen molar-refractivity contribution in [1.82, 2.24) is 0 Å². The maximum Gasteiger partial charge on any atom is 0.306 e. The summed E-state index contributed by atoms with van der Waals surface area (Å²) in [5.41, 5.74) is 0. The Balaban J connectivity index is 4.19. The van der Waals surface area contributed by atoms with Gasteiger partial charge in [0, 0.05) is 19.3 Å². The fourth-order valence-corrected chi connectivity index (χ4v) is 12.3. The quantitative estimate of drug-likeness (QED) is 0.0343. The molecule has 83 heavy (non-hydrogen) atoms. The van der Waals surface area contributed by atoms with Crippen molar-refractivity contribution in [2.24, 2.45) is 0 Å². The van der Waals surface area contributed by atoms with Crippen LogP contribution in [0.1, 0.15) is 457 Å². The lowest BCUT2D eigenvalue weighted by Gasteiger charge is -2.18. The Morgan fingerprint density at radius 1 is 0.193 bits per heavy atom. The van der Waals surface area contributed by atoms with Gasteiger partial charge in [-0.05, 0) is 19.3 Å². The van der Waals surface area contributed by atoms with Crippen molar-refractivity contribution in [2.75, 3.05) is 13.2 Å². The monoisotopic (exact) mass is 1170 g/mol. The first-order valence-corrected chi connectivity index (χ1v) is 38.5. The Kier molecular flexibility index (Phi) is 71.5. The first-order chi connectivity index (χ1) is 41.0. The molecule has 0 bridgehead atoms. The molecule has 0 amide bonds. The predicted octanol–water partition coefficient (Wildman–Crippen LogP) is 26.6. The van der Waals surface area contributed by atoms with Crippen molar-refractivity contribution in [1.29, 1.82) is 0 Å². The molecule has 1 atom stereocenters. The van der Waals surface area contributed by atoms with Gasteiger partial charge in [-0.25, -0.2) is 0 Å². The maximum absolute atomic E-state index is 13.0. The SMILES string of the molecule is CCCCCCCCCCCCCCCCCCCCCCCCCCCCCCC(=O)OCC(COC(=O)CCCCCCCCCCCCCCCCCC)OC(=O)CCCCCCCCCCCCCCCCCCCCCCC. The van der Waals surface area contributed by atoms with Gasteiger partial charge in [0.2, 0.25) is 0 Å². The predicted molar refractivity (Wildman–Crippen MR) is 363 cm³/mol. The van der Waals surface area contributed by atoms with Gasteiger partial charge in [0.25, 0.3) is 0 Å². The van der Waals surface area contributed by atoms with E-state index in [1.807, 2.05) is 0 Å². The number of carbonyl (C=O) groups excluding carboxylic acids is 3. The van der Waals surface area contributed by atoms with Gasteiger partial charge < -0.3 is 14.2 Å². The largest absolute Gasteiger partial charge is 0.462 e. The van der Waals surface area contributed by atoms with E-state index in [4.69, 9.17) is 14.2 Å². The summed E-state index contributed by atoms with van der Waals surface area (Å²) >= 11 is 0. The van der Waals surface area contributed by atoms with Crippen LogP contribution < -0.4 is 0 Å². The Labute approximate surface area is 520 Å². The van der Waals surface area contributed by atoms with Gasteiger partial charge in [0.15, 0.2) is 6.10 Å². The first kappa shape index (κ1) is 81.4. The Bertz CT molecular complexity index is 1250. The molecular formula is C77H150O6. The van der Waals surface area contributed by atoms with Crippen LogP contribution in [0.3, 0.4) is 0 Å². The van der Waals surface area contributed by atoms with Gasteiger partial charge in [0.05, 0.1) is 0 Å². The van der Waals surface area contributed by atoms with Crippen LogP contribution in [0.4, 0.5) is 0 Å². The number of unbranched alkanes of at least 4 members (excludes halogenated alkanes) is 62. The number of hydrogen-bond donors (Lipinski definition) is 0. The van der Waals surface area contributed by atoms with Crippen molar-refractivity contribution in [3.8, 4) is 0 Å². The third-order valence-electron chi connectivity index (χ3n) is 18.1. The zero-order valence-electron chi connectivity index (χ0n) is 57.0. The molecule has 0 rings (SSSR count). The molecular weight excluding hydrogens is 1020 g/mol. The van der Waals surface area contributed by atoms with Crippen LogP contribution in [0.25, 0.3) is 0 Å². The summed E-state index contributed by atoms with van der Waals surface area (Å²) in [6.45, 7) is 6.76. The van der Waals surface area contributed by atoms with Gasteiger partial charge in [-0.1, -0.05) is 419 Å². The van der Waals surface area contributed by atoms with Crippen molar-refractivity contribution in [3.05, 3.63) is 0 Å². The number of hydrogen-bond acceptors (Lipinski definition) is 6. The zero-order valence-corrected chi connectivity index (χ0v) is 57.0. The minimum atomic E-state index is -0.764. The molecule has 0 aromatic carbocycles. The number of ether oxygens (including phenoxy) is 3. The van der Waals surface area contributed by atoms with Crippen LogP contribution >= 0.6 is 0 Å². The lowest BCUT2D eigenvalue weighted by atomic mass is 10.0. The smallest absolute Gasteiger partial charge is 0.306 e. The highest BCUT2D eigenvalue weighted by molar-refractivity contribution is 5.71. The molecule has 0 saturated carbocycles. The molecule has 0 heterocycles. The van der Waals surface area contributed by atoms with Crippen molar-refractivity contribution in [3.63, 3.8) is 0 Å². The molecule has 6 nitrogen and oxygen atoms in total. The molecule has 0 spiro atoms. The van der Waals surface area contributed by atoms with Crippen molar-refractivity contribution in [2.45, 2.75) is 463 Å². The van der Waals surface area contributed by atoms with Gasteiger partial charge in [-0.2, -0.15) is 0 Å². The minimum Gasteiger partial charge on any atom is -0.462 e. The van der Waals surface area contributed by atoms with Gasteiger partial charge in [0.1, 0.15) is 13.2 Å². The van der Waals surface area contributed by atoms with Crippen LogP contribution in [-0.4, -0.2) is 37.2 Å². The topological polar surface area (TPSA) is 78.9 Å². The molecule has 0 saturated heterocycles. The molecule has 0 aliphatic rings. The van der Waals surface area contributed by atoms with Crippen LogP contribution in [-0.2, 0) is 28.6 Å². The molecule has 6 heteroatoms.